The lowest BCUT2D eigenvalue weighted by Gasteiger charge is -2.21. The highest BCUT2D eigenvalue weighted by Gasteiger charge is 2.18. The van der Waals surface area contributed by atoms with Gasteiger partial charge in [-0.15, -0.1) is 0 Å². The smallest absolute Gasteiger partial charge is 0.159 e. The molecule has 0 aliphatic heterocycles. The van der Waals surface area contributed by atoms with Gasteiger partial charge in [-0.2, -0.15) is 0 Å². The maximum Gasteiger partial charge on any atom is 0.159 e. The molecule has 0 N–H and O–H groups in total. The third-order valence-corrected chi connectivity index (χ3v) is 5.16. The minimum atomic E-state index is 0.826. The molecule has 5 rings (SSSR count). The second-order valence-corrected chi connectivity index (χ2v) is 6.55. The van der Waals surface area contributed by atoms with E-state index in [9.17, 15) is 0 Å². The third kappa shape index (κ3) is 2.03. The van der Waals surface area contributed by atoms with Crippen molar-refractivity contribution >= 4 is 21.5 Å². The molecule has 0 amide bonds. The third-order valence-electron chi connectivity index (χ3n) is 5.16. The van der Waals surface area contributed by atoms with Crippen molar-refractivity contribution in [3.8, 4) is 11.4 Å². The molecule has 0 unspecified atom stereocenters. The Kier molecular flexibility index (Phi) is 3.08. The lowest BCUT2D eigenvalue weighted by Crippen LogP contribution is -2.04. The summed E-state index contributed by atoms with van der Waals surface area (Å²) in [5.41, 5.74) is 4.18. The van der Waals surface area contributed by atoms with Crippen LogP contribution in [0.1, 0.15) is 24.0 Å². The van der Waals surface area contributed by atoms with E-state index in [4.69, 9.17) is 0 Å². The summed E-state index contributed by atoms with van der Waals surface area (Å²) < 4.78 is 0. The summed E-state index contributed by atoms with van der Waals surface area (Å²) in [6.07, 6.45) is 8.58. The molecule has 0 spiro atoms. The Hall–Kier alpha value is -2.74. The molecular formula is C22H18N2. The van der Waals surface area contributed by atoms with Gasteiger partial charge in [0.15, 0.2) is 5.82 Å². The topological polar surface area (TPSA) is 25.8 Å². The lowest BCUT2D eigenvalue weighted by molar-refractivity contribution is 0.690. The summed E-state index contributed by atoms with van der Waals surface area (Å²) in [4.78, 5) is 9.09. The molecule has 2 heteroatoms. The van der Waals surface area contributed by atoms with Crippen LogP contribution in [0.4, 0.5) is 0 Å². The number of benzene rings is 3. The van der Waals surface area contributed by atoms with Gasteiger partial charge in [0.2, 0.25) is 0 Å². The van der Waals surface area contributed by atoms with Gasteiger partial charge in [-0.3, -0.25) is 0 Å². The van der Waals surface area contributed by atoms with E-state index in [1.807, 2.05) is 18.5 Å². The SMILES string of the molecule is c1cnc(-c2cc3ccccc3c3ccc4c(c23)CCCC4)nc1. The molecule has 0 bridgehead atoms. The fourth-order valence-electron chi connectivity index (χ4n) is 4.07. The van der Waals surface area contributed by atoms with E-state index < -0.39 is 0 Å². The van der Waals surface area contributed by atoms with E-state index in [-0.39, 0.29) is 0 Å². The number of aromatic nitrogens is 2. The Morgan fingerprint density at radius 3 is 2.50 bits per heavy atom. The van der Waals surface area contributed by atoms with Gasteiger partial charge in [0.05, 0.1) is 0 Å². The maximum atomic E-state index is 4.54. The first kappa shape index (κ1) is 13.7. The molecule has 116 valence electrons. The molecule has 3 aromatic carbocycles. The Morgan fingerprint density at radius 1 is 0.750 bits per heavy atom. The summed E-state index contributed by atoms with van der Waals surface area (Å²) in [6, 6.07) is 17.4. The fourth-order valence-corrected chi connectivity index (χ4v) is 4.07. The zero-order valence-corrected chi connectivity index (χ0v) is 13.5. The lowest BCUT2D eigenvalue weighted by atomic mass is 9.84. The second-order valence-electron chi connectivity index (χ2n) is 6.55. The largest absolute Gasteiger partial charge is 0.237 e. The fraction of sp³-hybridized carbons (Fsp3) is 0.182. The number of fused-ring (bicyclic) bond motifs is 5. The van der Waals surface area contributed by atoms with Crippen LogP contribution in [0.3, 0.4) is 0 Å². The number of rotatable bonds is 1. The van der Waals surface area contributed by atoms with Crippen molar-refractivity contribution < 1.29 is 0 Å². The predicted molar refractivity (Wildman–Crippen MR) is 99.1 cm³/mol. The van der Waals surface area contributed by atoms with Crippen molar-refractivity contribution in [1.29, 1.82) is 0 Å². The minimum Gasteiger partial charge on any atom is -0.237 e. The molecule has 0 fully saturated rings. The summed E-state index contributed by atoms with van der Waals surface area (Å²) >= 11 is 0. The Morgan fingerprint density at radius 2 is 1.58 bits per heavy atom. The van der Waals surface area contributed by atoms with Gasteiger partial charge in [0, 0.05) is 18.0 Å². The number of hydrogen-bond acceptors (Lipinski definition) is 2. The summed E-state index contributed by atoms with van der Waals surface area (Å²) in [7, 11) is 0. The van der Waals surface area contributed by atoms with E-state index >= 15 is 0 Å². The van der Waals surface area contributed by atoms with Gasteiger partial charge in [-0.05, 0) is 70.5 Å². The zero-order valence-electron chi connectivity index (χ0n) is 13.5. The average molecular weight is 310 g/mol. The minimum absolute atomic E-state index is 0.826. The Balaban J connectivity index is 1.98. The van der Waals surface area contributed by atoms with E-state index in [1.165, 1.54) is 57.5 Å². The molecule has 4 aromatic rings. The summed E-state index contributed by atoms with van der Waals surface area (Å²) in [5.74, 6) is 0.826. The summed E-state index contributed by atoms with van der Waals surface area (Å²) in [5, 5.41) is 5.26. The van der Waals surface area contributed by atoms with Crippen molar-refractivity contribution in [3.05, 3.63) is 72.1 Å². The van der Waals surface area contributed by atoms with Gasteiger partial charge in [-0.1, -0.05) is 36.4 Å². The highest BCUT2D eigenvalue weighted by Crippen LogP contribution is 2.39. The first-order chi connectivity index (χ1) is 11.9. The van der Waals surface area contributed by atoms with Crippen molar-refractivity contribution in [2.75, 3.05) is 0 Å². The maximum absolute atomic E-state index is 4.54. The highest BCUT2D eigenvalue weighted by atomic mass is 14.9. The average Bonchev–Trinajstić information content (AvgIpc) is 2.67. The van der Waals surface area contributed by atoms with Crippen molar-refractivity contribution in [2.24, 2.45) is 0 Å². The molecule has 1 aromatic heterocycles. The first-order valence-corrected chi connectivity index (χ1v) is 8.65. The van der Waals surface area contributed by atoms with Crippen molar-refractivity contribution in [1.82, 2.24) is 9.97 Å². The van der Waals surface area contributed by atoms with Crippen LogP contribution in [0.15, 0.2) is 60.9 Å². The predicted octanol–water partition coefficient (Wildman–Crippen LogP) is 5.33. The van der Waals surface area contributed by atoms with Crippen molar-refractivity contribution in [2.45, 2.75) is 25.7 Å². The van der Waals surface area contributed by atoms with Crippen molar-refractivity contribution in [3.63, 3.8) is 0 Å². The first-order valence-electron chi connectivity index (χ1n) is 8.65. The van der Waals surface area contributed by atoms with Crippen LogP contribution in [-0.4, -0.2) is 9.97 Å². The molecule has 2 nitrogen and oxygen atoms in total. The van der Waals surface area contributed by atoms with E-state index in [2.05, 4.69) is 52.4 Å². The van der Waals surface area contributed by atoms with Gasteiger partial charge in [0.25, 0.3) is 0 Å². The van der Waals surface area contributed by atoms with Crippen LogP contribution in [0.5, 0.6) is 0 Å². The molecule has 0 atom stereocenters. The molecular weight excluding hydrogens is 292 g/mol. The Labute approximate surface area is 141 Å². The van der Waals surface area contributed by atoms with Gasteiger partial charge >= 0.3 is 0 Å². The van der Waals surface area contributed by atoms with E-state index in [1.54, 1.807) is 0 Å². The monoisotopic (exact) mass is 310 g/mol. The van der Waals surface area contributed by atoms with Crippen LogP contribution in [0.2, 0.25) is 0 Å². The molecule has 24 heavy (non-hydrogen) atoms. The van der Waals surface area contributed by atoms with Crippen LogP contribution >= 0.6 is 0 Å². The second kappa shape index (κ2) is 5.41. The number of aryl methyl sites for hydroxylation is 2. The molecule has 0 saturated carbocycles. The van der Waals surface area contributed by atoms with Crippen LogP contribution in [-0.2, 0) is 12.8 Å². The number of hydrogen-bond donors (Lipinski definition) is 0. The quantitative estimate of drug-likeness (QED) is 0.444. The Bertz CT molecular complexity index is 1050. The van der Waals surface area contributed by atoms with Gasteiger partial charge in [0.1, 0.15) is 0 Å². The van der Waals surface area contributed by atoms with E-state index in [0.29, 0.717) is 0 Å². The van der Waals surface area contributed by atoms with Gasteiger partial charge < -0.3 is 0 Å². The number of nitrogens with zero attached hydrogens (tertiary/aromatic N) is 2. The molecule has 1 heterocycles. The molecule has 1 aliphatic carbocycles. The highest BCUT2D eigenvalue weighted by molar-refractivity contribution is 6.14. The standard InChI is InChI=1S/C22H18N2/c1-4-9-18-15(6-1)10-11-19-17-8-3-2-7-16(17)14-20(21(18)19)22-23-12-5-13-24-22/h2-3,5,7-8,10-14H,1,4,6,9H2. The van der Waals surface area contributed by atoms with Gasteiger partial charge in [-0.25, -0.2) is 9.97 Å². The van der Waals surface area contributed by atoms with Crippen LogP contribution in [0.25, 0.3) is 32.9 Å². The van der Waals surface area contributed by atoms with E-state index in [0.717, 1.165) is 12.2 Å². The zero-order chi connectivity index (χ0) is 15.9. The molecule has 0 saturated heterocycles. The molecule has 1 aliphatic rings. The summed E-state index contributed by atoms with van der Waals surface area (Å²) in [6.45, 7) is 0. The van der Waals surface area contributed by atoms with Crippen LogP contribution in [0, 0.1) is 0 Å². The van der Waals surface area contributed by atoms with Crippen LogP contribution < -0.4 is 0 Å². The molecule has 0 radical (unpaired) electrons. The normalized spacial score (nSPS) is 14.0.